The van der Waals surface area contributed by atoms with E-state index in [1.165, 1.54) is 5.01 Å². The van der Waals surface area contributed by atoms with Crippen LogP contribution in [-0.4, -0.2) is 37.0 Å². The summed E-state index contributed by atoms with van der Waals surface area (Å²) in [7, 11) is 1.72. The van der Waals surface area contributed by atoms with Crippen LogP contribution in [0.3, 0.4) is 0 Å². The van der Waals surface area contributed by atoms with E-state index in [9.17, 15) is 0 Å². The predicted molar refractivity (Wildman–Crippen MR) is 67.0 cm³/mol. The van der Waals surface area contributed by atoms with Crippen LogP contribution < -0.4 is 5.32 Å². The second-order valence-electron chi connectivity index (χ2n) is 3.69. The van der Waals surface area contributed by atoms with Crippen molar-refractivity contribution in [3.8, 4) is 0 Å². The van der Waals surface area contributed by atoms with E-state index in [-0.39, 0.29) is 0 Å². The lowest BCUT2D eigenvalue weighted by Crippen LogP contribution is -2.20. The van der Waals surface area contributed by atoms with Gasteiger partial charge in [0.15, 0.2) is 0 Å². The zero-order valence-corrected chi connectivity index (χ0v) is 11.0. The molecule has 1 aromatic rings. The number of hydrogen-bond donors (Lipinski definition) is 1. The Morgan fingerprint density at radius 3 is 2.62 bits per heavy atom. The molecule has 5 heteroatoms. The van der Waals surface area contributed by atoms with Gasteiger partial charge in [-0.1, -0.05) is 6.92 Å². The number of hydrogen-bond acceptors (Lipinski definition) is 5. The zero-order valence-electron chi connectivity index (χ0n) is 10.2. The van der Waals surface area contributed by atoms with Gasteiger partial charge in [0.25, 0.3) is 0 Å². The number of aryl methyl sites for hydroxylation is 2. The van der Waals surface area contributed by atoms with Gasteiger partial charge in [-0.05, 0) is 19.4 Å². The molecule has 0 saturated carbocycles. The molecule has 1 N–H and O–H groups in total. The molecule has 16 heavy (non-hydrogen) atoms. The van der Waals surface area contributed by atoms with Crippen molar-refractivity contribution in [3.63, 3.8) is 0 Å². The van der Waals surface area contributed by atoms with Gasteiger partial charge < -0.3 is 10.1 Å². The van der Waals surface area contributed by atoms with Gasteiger partial charge in [0.05, 0.1) is 6.61 Å². The molecule has 0 atom stereocenters. The highest BCUT2D eigenvalue weighted by atomic mass is 32.1. The Labute approximate surface area is 101 Å². The molecule has 1 aromatic heterocycles. The fourth-order valence-corrected chi connectivity index (χ4v) is 2.36. The maximum Gasteiger partial charge on any atom is 0.117 e. The van der Waals surface area contributed by atoms with Crippen molar-refractivity contribution < 1.29 is 4.74 Å². The van der Waals surface area contributed by atoms with E-state index in [2.05, 4.69) is 22.4 Å². The molecule has 92 valence electrons. The maximum atomic E-state index is 4.95. The smallest absolute Gasteiger partial charge is 0.117 e. The van der Waals surface area contributed by atoms with Crippen LogP contribution in [0.2, 0.25) is 0 Å². The first-order chi connectivity index (χ1) is 7.86. The molecule has 1 heterocycles. The van der Waals surface area contributed by atoms with Crippen LogP contribution in [0.1, 0.15) is 29.8 Å². The highest BCUT2D eigenvalue weighted by Crippen LogP contribution is 2.12. The molecule has 0 aliphatic rings. The van der Waals surface area contributed by atoms with Crippen LogP contribution in [0.5, 0.6) is 0 Å². The van der Waals surface area contributed by atoms with Crippen molar-refractivity contribution in [2.24, 2.45) is 0 Å². The number of rotatable bonds is 9. The van der Waals surface area contributed by atoms with E-state index in [1.54, 1.807) is 18.4 Å². The van der Waals surface area contributed by atoms with Crippen molar-refractivity contribution in [2.45, 2.75) is 32.6 Å². The molecule has 0 spiro atoms. The van der Waals surface area contributed by atoms with Crippen LogP contribution in [-0.2, 0) is 17.6 Å². The Kier molecular flexibility index (Phi) is 7.29. The van der Waals surface area contributed by atoms with Crippen LogP contribution >= 0.6 is 11.3 Å². The highest BCUT2D eigenvalue weighted by Gasteiger charge is 2.02. The molecule has 0 aromatic carbocycles. The minimum atomic E-state index is 0.777. The molecule has 0 aliphatic carbocycles. The summed E-state index contributed by atoms with van der Waals surface area (Å²) in [5, 5.41) is 14.0. The van der Waals surface area contributed by atoms with E-state index < -0.39 is 0 Å². The quantitative estimate of drug-likeness (QED) is 0.670. The topological polar surface area (TPSA) is 47.0 Å². The summed E-state index contributed by atoms with van der Waals surface area (Å²) in [5.74, 6) is 0. The second kappa shape index (κ2) is 8.61. The van der Waals surface area contributed by atoms with Crippen molar-refractivity contribution in [2.75, 3.05) is 26.8 Å². The lowest BCUT2D eigenvalue weighted by atomic mass is 10.3. The third kappa shape index (κ3) is 5.53. The summed E-state index contributed by atoms with van der Waals surface area (Å²) in [6.45, 7) is 4.89. The molecule has 0 amide bonds. The van der Waals surface area contributed by atoms with Gasteiger partial charge >= 0.3 is 0 Å². The highest BCUT2D eigenvalue weighted by molar-refractivity contribution is 7.11. The second-order valence-corrected chi connectivity index (χ2v) is 4.83. The molecular formula is C11H21N3OS. The fraction of sp³-hybridized carbons (Fsp3) is 0.818. The summed E-state index contributed by atoms with van der Waals surface area (Å²) in [6.07, 6.45) is 4.35. The third-order valence-electron chi connectivity index (χ3n) is 2.20. The summed E-state index contributed by atoms with van der Waals surface area (Å²) in [5.41, 5.74) is 0. The SMILES string of the molecule is CCCc1nnc(CCCNCCOC)s1. The first-order valence-electron chi connectivity index (χ1n) is 5.87. The van der Waals surface area contributed by atoms with Gasteiger partial charge in [-0.25, -0.2) is 0 Å². The van der Waals surface area contributed by atoms with Gasteiger partial charge in [0.2, 0.25) is 0 Å². The first-order valence-corrected chi connectivity index (χ1v) is 6.69. The molecule has 0 unspecified atom stereocenters. The largest absolute Gasteiger partial charge is 0.383 e. The minimum absolute atomic E-state index is 0.777. The van der Waals surface area contributed by atoms with Gasteiger partial charge in [-0.2, -0.15) is 0 Å². The summed E-state index contributed by atoms with van der Waals surface area (Å²) < 4.78 is 4.95. The minimum Gasteiger partial charge on any atom is -0.383 e. The lowest BCUT2D eigenvalue weighted by molar-refractivity contribution is 0.199. The van der Waals surface area contributed by atoms with Crippen molar-refractivity contribution in [1.29, 1.82) is 0 Å². The first kappa shape index (κ1) is 13.5. The Bertz CT molecular complexity index is 278. The molecule has 1 rings (SSSR count). The Hall–Kier alpha value is -0.520. The van der Waals surface area contributed by atoms with E-state index in [0.29, 0.717) is 0 Å². The predicted octanol–water partition coefficient (Wildman–Crippen LogP) is 1.66. The van der Waals surface area contributed by atoms with Gasteiger partial charge in [0.1, 0.15) is 10.0 Å². The molecule has 0 radical (unpaired) electrons. The molecular weight excluding hydrogens is 222 g/mol. The molecule has 4 nitrogen and oxygen atoms in total. The number of nitrogens with zero attached hydrogens (tertiary/aromatic N) is 2. The van der Waals surface area contributed by atoms with Crippen molar-refractivity contribution >= 4 is 11.3 Å². The van der Waals surface area contributed by atoms with E-state index in [4.69, 9.17) is 4.74 Å². The lowest BCUT2D eigenvalue weighted by Gasteiger charge is -2.01. The van der Waals surface area contributed by atoms with Crippen molar-refractivity contribution in [3.05, 3.63) is 10.0 Å². The third-order valence-corrected chi connectivity index (χ3v) is 3.24. The monoisotopic (exact) mass is 243 g/mol. The summed E-state index contributed by atoms with van der Waals surface area (Å²) in [4.78, 5) is 0. The van der Waals surface area contributed by atoms with Crippen molar-refractivity contribution in [1.82, 2.24) is 15.5 Å². The maximum absolute atomic E-state index is 4.95. The zero-order chi connectivity index (χ0) is 11.6. The van der Waals surface area contributed by atoms with Crippen LogP contribution in [0.15, 0.2) is 0 Å². The summed E-state index contributed by atoms with van der Waals surface area (Å²) in [6, 6.07) is 0. The average Bonchev–Trinajstić information content (AvgIpc) is 2.72. The Balaban J connectivity index is 2.07. The number of ether oxygens (including phenoxy) is 1. The standard InChI is InChI=1S/C11H21N3OS/c1-3-5-10-13-14-11(16-10)6-4-7-12-8-9-15-2/h12H,3-9H2,1-2H3. The van der Waals surface area contributed by atoms with Crippen LogP contribution in [0.25, 0.3) is 0 Å². The van der Waals surface area contributed by atoms with Gasteiger partial charge in [-0.15, -0.1) is 21.5 Å². The molecule has 0 fully saturated rings. The van der Waals surface area contributed by atoms with E-state index in [0.717, 1.165) is 50.4 Å². The fourth-order valence-electron chi connectivity index (χ4n) is 1.37. The Morgan fingerprint density at radius 1 is 1.19 bits per heavy atom. The number of aromatic nitrogens is 2. The molecule has 0 saturated heterocycles. The number of nitrogens with one attached hydrogen (secondary N) is 1. The summed E-state index contributed by atoms with van der Waals surface area (Å²) >= 11 is 1.75. The van der Waals surface area contributed by atoms with E-state index in [1.807, 2.05) is 0 Å². The van der Waals surface area contributed by atoms with Crippen LogP contribution in [0, 0.1) is 0 Å². The normalized spacial score (nSPS) is 10.9. The Morgan fingerprint density at radius 2 is 1.94 bits per heavy atom. The molecule has 0 bridgehead atoms. The van der Waals surface area contributed by atoms with Crippen LogP contribution in [0.4, 0.5) is 0 Å². The average molecular weight is 243 g/mol. The van der Waals surface area contributed by atoms with Gasteiger partial charge in [-0.3, -0.25) is 0 Å². The number of methoxy groups -OCH3 is 1. The molecule has 0 aliphatic heterocycles. The van der Waals surface area contributed by atoms with E-state index >= 15 is 0 Å². The van der Waals surface area contributed by atoms with Gasteiger partial charge in [0, 0.05) is 26.5 Å².